The number of amides is 2. The minimum atomic E-state index is -0.721. The van der Waals surface area contributed by atoms with E-state index in [1.807, 2.05) is 13.8 Å². The topological polar surface area (TPSA) is 102 Å². The minimum absolute atomic E-state index is 0.370. The summed E-state index contributed by atoms with van der Waals surface area (Å²) in [6, 6.07) is 8.37. The van der Waals surface area contributed by atoms with E-state index >= 15 is 0 Å². The second kappa shape index (κ2) is 10.4. The molecule has 2 N–H and O–H groups in total. The predicted octanol–water partition coefficient (Wildman–Crippen LogP) is 2.52. The van der Waals surface area contributed by atoms with Gasteiger partial charge in [-0.05, 0) is 31.1 Å². The van der Waals surface area contributed by atoms with Crippen LogP contribution in [0.5, 0.6) is 0 Å². The standard InChI is InChI=1S/C20H23ClN4O4/c1-13(2)11-25-19(21)16(14(3)24-25)9-10-18(27)29-12-17(26)22-23-20(28)15-7-5-4-6-8-15/h4-10,13H,11-12H2,1-3H3,(H,22,26)(H,23,28)/b10-9+. The first kappa shape index (κ1) is 22.2. The van der Waals surface area contributed by atoms with E-state index in [9.17, 15) is 14.4 Å². The Hall–Kier alpha value is -3.13. The Bertz CT molecular complexity index is 907. The molecule has 1 heterocycles. The highest BCUT2D eigenvalue weighted by molar-refractivity contribution is 6.31. The van der Waals surface area contributed by atoms with Crippen molar-refractivity contribution in [2.75, 3.05) is 6.61 Å². The van der Waals surface area contributed by atoms with E-state index in [-0.39, 0.29) is 0 Å². The maximum atomic E-state index is 11.8. The molecule has 0 spiro atoms. The van der Waals surface area contributed by atoms with Crippen LogP contribution in [0.15, 0.2) is 36.4 Å². The Balaban J connectivity index is 1.81. The van der Waals surface area contributed by atoms with Crippen molar-refractivity contribution >= 4 is 35.5 Å². The summed E-state index contributed by atoms with van der Waals surface area (Å²) < 4.78 is 6.53. The van der Waals surface area contributed by atoms with E-state index in [0.29, 0.717) is 34.4 Å². The lowest BCUT2D eigenvalue weighted by atomic mass is 10.2. The molecule has 0 bridgehead atoms. The molecule has 2 aromatic rings. The summed E-state index contributed by atoms with van der Waals surface area (Å²) >= 11 is 6.30. The number of carbonyl (C=O) groups excluding carboxylic acids is 3. The lowest BCUT2D eigenvalue weighted by molar-refractivity contribution is -0.144. The molecule has 0 saturated heterocycles. The molecule has 0 atom stereocenters. The fourth-order valence-corrected chi connectivity index (χ4v) is 2.69. The zero-order valence-electron chi connectivity index (χ0n) is 16.4. The van der Waals surface area contributed by atoms with Gasteiger partial charge in [-0.2, -0.15) is 5.10 Å². The van der Waals surface area contributed by atoms with Gasteiger partial charge in [0.15, 0.2) is 6.61 Å². The van der Waals surface area contributed by atoms with Gasteiger partial charge in [0, 0.05) is 23.7 Å². The average Bonchev–Trinajstić information content (AvgIpc) is 2.95. The smallest absolute Gasteiger partial charge is 0.331 e. The SMILES string of the molecule is Cc1nn(CC(C)C)c(Cl)c1/C=C/C(=O)OCC(=O)NNC(=O)c1ccccc1. The number of rotatable bonds is 7. The summed E-state index contributed by atoms with van der Waals surface area (Å²) in [5, 5.41) is 4.78. The lowest BCUT2D eigenvalue weighted by Gasteiger charge is -2.07. The number of aryl methyl sites for hydroxylation is 1. The third-order valence-corrected chi connectivity index (χ3v) is 4.13. The molecular formula is C20H23ClN4O4. The van der Waals surface area contributed by atoms with Gasteiger partial charge in [-0.3, -0.25) is 25.1 Å². The molecule has 2 amide bonds. The molecule has 9 heteroatoms. The third-order valence-electron chi connectivity index (χ3n) is 3.73. The van der Waals surface area contributed by atoms with Gasteiger partial charge in [0.25, 0.3) is 11.8 Å². The van der Waals surface area contributed by atoms with E-state index in [1.165, 1.54) is 12.2 Å². The van der Waals surface area contributed by atoms with Crippen molar-refractivity contribution in [1.82, 2.24) is 20.6 Å². The second-order valence-corrected chi connectivity index (χ2v) is 7.03. The molecule has 154 valence electrons. The van der Waals surface area contributed by atoms with Crippen LogP contribution in [0.1, 0.15) is 35.5 Å². The van der Waals surface area contributed by atoms with Gasteiger partial charge < -0.3 is 4.74 Å². The van der Waals surface area contributed by atoms with Crippen molar-refractivity contribution in [3.05, 3.63) is 58.4 Å². The number of hydrogen-bond donors (Lipinski definition) is 2. The number of carbonyl (C=O) groups is 3. The van der Waals surface area contributed by atoms with E-state index in [1.54, 1.807) is 41.9 Å². The molecule has 1 aromatic heterocycles. The van der Waals surface area contributed by atoms with Crippen LogP contribution in [0, 0.1) is 12.8 Å². The molecule has 8 nitrogen and oxygen atoms in total. The predicted molar refractivity (Wildman–Crippen MR) is 109 cm³/mol. The monoisotopic (exact) mass is 418 g/mol. The van der Waals surface area contributed by atoms with Crippen LogP contribution in [-0.4, -0.2) is 34.2 Å². The molecule has 0 fully saturated rings. The fraction of sp³-hybridized carbons (Fsp3) is 0.300. The Labute approximate surface area is 173 Å². The van der Waals surface area contributed by atoms with Gasteiger partial charge in [0.05, 0.1) is 5.69 Å². The summed E-state index contributed by atoms with van der Waals surface area (Å²) in [5.74, 6) is -1.50. The highest BCUT2D eigenvalue weighted by Gasteiger charge is 2.13. The summed E-state index contributed by atoms with van der Waals surface area (Å²) in [4.78, 5) is 35.4. The average molecular weight is 419 g/mol. The highest BCUT2D eigenvalue weighted by atomic mass is 35.5. The molecule has 0 radical (unpaired) electrons. The Morgan fingerprint density at radius 1 is 1.21 bits per heavy atom. The number of nitrogens with one attached hydrogen (secondary N) is 2. The van der Waals surface area contributed by atoms with E-state index < -0.39 is 24.4 Å². The molecule has 29 heavy (non-hydrogen) atoms. The largest absolute Gasteiger partial charge is 0.452 e. The molecule has 0 aliphatic rings. The van der Waals surface area contributed by atoms with Crippen LogP contribution in [0.25, 0.3) is 6.08 Å². The molecule has 0 aliphatic heterocycles. The van der Waals surface area contributed by atoms with Crippen LogP contribution in [0.2, 0.25) is 5.15 Å². The maximum Gasteiger partial charge on any atom is 0.331 e. The van der Waals surface area contributed by atoms with Crippen molar-refractivity contribution in [2.24, 2.45) is 5.92 Å². The maximum absolute atomic E-state index is 11.8. The first-order valence-corrected chi connectivity index (χ1v) is 9.37. The molecular weight excluding hydrogens is 396 g/mol. The molecule has 1 aromatic carbocycles. The van der Waals surface area contributed by atoms with Crippen LogP contribution in [0.3, 0.4) is 0 Å². The van der Waals surface area contributed by atoms with Crippen LogP contribution in [0.4, 0.5) is 0 Å². The summed E-state index contributed by atoms with van der Waals surface area (Å²) in [6.07, 6.45) is 2.67. The first-order valence-electron chi connectivity index (χ1n) is 9.00. The van der Waals surface area contributed by atoms with E-state index in [4.69, 9.17) is 16.3 Å². The van der Waals surface area contributed by atoms with Crippen molar-refractivity contribution < 1.29 is 19.1 Å². The Morgan fingerprint density at radius 2 is 1.90 bits per heavy atom. The van der Waals surface area contributed by atoms with Gasteiger partial charge in [-0.25, -0.2) is 4.79 Å². The van der Waals surface area contributed by atoms with E-state index in [0.717, 1.165) is 0 Å². The fourth-order valence-electron chi connectivity index (χ4n) is 2.38. The number of esters is 1. The number of halogens is 1. The van der Waals surface area contributed by atoms with E-state index in [2.05, 4.69) is 16.0 Å². The van der Waals surface area contributed by atoms with Crippen molar-refractivity contribution in [3.63, 3.8) is 0 Å². The van der Waals surface area contributed by atoms with Crippen LogP contribution < -0.4 is 10.9 Å². The zero-order chi connectivity index (χ0) is 21.4. The normalized spacial score (nSPS) is 10.9. The number of hydrogen-bond acceptors (Lipinski definition) is 5. The molecule has 0 unspecified atom stereocenters. The first-order chi connectivity index (χ1) is 13.8. The summed E-state index contributed by atoms with van der Waals surface area (Å²) in [5.41, 5.74) is 6.10. The molecule has 0 aliphatic carbocycles. The second-order valence-electron chi connectivity index (χ2n) is 6.68. The van der Waals surface area contributed by atoms with Crippen LogP contribution >= 0.6 is 11.6 Å². The minimum Gasteiger partial charge on any atom is -0.452 e. The van der Waals surface area contributed by atoms with Crippen LogP contribution in [-0.2, 0) is 20.9 Å². The third kappa shape index (κ3) is 6.76. The number of benzene rings is 1. The lowest BCUT2D eigenvalue weighted by Crippen LogP contribution is -2.43. The number of aromatic nitrogens is 2. The number of ether oxygens (including phenoxy) is 1. The van der Waals surface area contributed by atoms with Gasteiger partial charge in [0.1, 0.15) is 5.15 Å². The quantitative estimate of drug-likeness (QED) is 0.408. The summed E-state index contributed by atoms with van der Waals surface area (Å²) in [7, 11) is 0. The highest BCUT2D eigenvalue weighted by Crippen LogP contribution is 2.22. The van der Waals surface area contributed by atoms with Gasteiger partial charge in [-0.1, -0.05) is 43.6 Å². The van der Waals surface area contributed by atoms with Gasteiger partial charge in [-0.15, -0.1) is 0 Å². The summed E-state index contributed by atoms with van der Waals surface area (Å²) in [6.45, 7) is 6.00. The zero-order valence-corrected chi connectivity index (χ0v) is 17.2. The van der Waals surface area contributed by atoms with Gasteiger partial charge in [0.2, 0.25) is 0 Å². The molecule has 0 saturated carbocycles. The number of hydrazine groups is 1. The Morgan fingerprint density at radius 3 is 2.55 bits per heavy atom. The molecule has 2 rings (SSSR count). The Kier molecular flexibility index (Phi) is 7.97. The van der Waals surface area contributed by atoms with Crippen molar-refractivity contribution in [3.8, 4) is 0 Å². The van der Waals surface area contributed by atoms with Crippen molar-refractivity contribution in [2.45, 2.75) is 27.3 Å². The van der Waals surface area contributed by atoms with Gasteiger partial charge >= 0.3 is 5.97 Å². The van der Waals surface area contributed by atoms with Crippen molar-refractivity contribution in [1.29, 1.82) is 0 Å². The number of nitrogens with zero attached hydrogens (tertiary/aromatic N) is 2.